The smallest absolute Gasteiger partial charge is 0.231 e. The second kappa shape index (κ2) is 6.98. The number of fused-ring (bicyclic) bond motifs is 1. The summed E-state index contributed by atoms with van der Waals surface area (Å²) >= 11 is 6.08. The molecule has 126 valence electrons. The summed E-state index contributed by atoms with van der Waals surface area (Å²) in [4.78, 5) is 17.6. The van der Waals surface area contributed by atoms with Crippen LogP contribution < -0.4 is 0 Å². The van der Waals surface area contributed by atoms with E-state index in [4.69, 9.17) is 16.0 Å². The highest BCUT2D eigenvalue weighted by Gasteiger charge is 2.20. The number of carbonyl (C=O) groups is 1. The zero-order valence-corrected chi connectivity index (χ0v) is 14.5. The van der Waals surface area contributed by atoms with Gasteiger partial charge in [0.2, 0.25) is 5.89 Å². The number of halogens is 1. The molecule has 0 atom stereocenters. The normalized spacial score (nSPS) is 11.7. The molecule has 3 nitrogen and oxygen atoms in total. The van der Waals surface area contributed by atoms with Gasteiger partial charge < -0.3 is 4.42 Å². The first-order valence-electron chi connectivity index (χ1n) is 8.14. The van der Waals surface area contributed by atoms with E-state index in [1.54, 1.807) is 30.3 Å². The van der Waals surface area contributed by atoms with Crippen molar-refractivity contribution in [2.45, 2.75) is 0 Å². The van der Waals surface area contributed by atoms with Gasteiger partial charge in [-0.25, -0.2) is 4.98 Å². The molecule has 3 aromatic carbocycles. The fourth-order valence-electron chi connectivity index (χ4n) is 2.72. The minimum absolute atomic E-state index is 0.155. The molecule has 1 heterocycles. The number of hydrogen-bond acceptors (Lipinski definition) is 3. The van der Waals surface area contributed by atoms with Gasteiger partial charge in [-0.15, -0.1) is 0 Å². The SMILES string of the molecule is O=C(/C(=C\c1cccc(Cl)c1)c1nc2ccccc2o1)c1ccccc1. The summed E-state index contributed by atoms with van der Waals surface area (Å²) in [6.45, 7) is 0. The van der Waals surface area contributed by atoms with Crippen molar-refractivity contribution >= 4 is 40.1 Å². The second-order valence-corrected chi connectivity index (χ2v) is 6.23. The van der Waals surface area contributed by atoms with Gasteiger partial charge in [-0.2, -0.15) is 0 Å². The number of hydrogen-bond donors (Lipinski definition) is 0. The number of benzene rings is 3. The topological polar surface area (TPSA) is 43.1 Å². The van der Waals surface area contributed by atoms with Crippen LogP contribution in [0.2, 0.25) is 5.02 Å². The highest BCUT2D eigenvalue weighted by Crippen LogP contribution is 2.26. The Bertz CT molecular complexity index is 1080. The average Bonchev–Trinajstić information content (AvgIpc) is 3.10. The number of carbonyl (C=O) groups excluding carboxylic acids is 1. The van der Waals surface area contributed by atoms with E-state index in [1.807, 2.05) is 54.6 Å². The van der Waals surface area contributed by atoms with Gasteiger partial charge in [0, 0.05) is 10.6 Å². The van der Waals surface area contributed by atoms with Crippen LogP contribution in [-0.4, -0.2) is 10.8 Å². The van der Waals surface area contributed by atoms with E-state index in [0.717, 1.165) is 5.56 Å². The first-order chi connectivity index (χ1) is 12.7. The van der Waals surface area contributed by atoms with E-state index >= 15 is 0 Å². The summed E-state index contributed by atoms with van der Waals surface area (Å²) in [6, 6.07) is 23.8. The van der Waals surface area contributed by atoms with Crippen molar-refractivity contribution in [2.24, 2.45) is 0 Å². The van der Waals surface area contributed by atoms with Crippen LogP contribution in [0, 0.1) is 0 Å². The van der Waals surface area contributed by atoms with Gasteiger partial charge in [0.1, 0.15) is 5.52 Å². The number of rotatable bonds is 4. The Kier molecular flexibility index (Phi) is 4.38. The number of ketones is 1. The highest BCUT2D eigenvalue weighted by atomic mass is 35.5. The van der Waals surface area contributed by atoms with Crippen LogP contribution in [0.3, 0.4) is 0 Å². The number of nitrogens with zero attached hydrogens (tertiary/aromatic N) is 1. The molecule has 0 amide bonds. The van der Waals surface area contributed by atoms with E-state index in [1.165, 1.54) is 0 Å². The van der Waals surface area contributed by atoms with Crippen molar-refractivity contribution < 1.29 is 9.21 Å². The number of para-hydroxylation sites is 2. The van der Waals surface area contributed by atoms with Crippen LogP contribution in [0.4, 0.5) is 0 Å². The predicted octanol–water partition coefficient (Wildman–Crippen LogP) is 5.90. The Morgan fingerprint density at radius 1 is 0.923 bits per heavy atom. The summed E-state index contributed by atoms with van der Waals surface area (Å²) < 4.78 is 5.84. The molecule has 1 aromatic heterocycles. The van der Waals surface area contributed by atoms with Crippen LogP contribution in [0.15, 0.2) is 83.3 Å². The van der Waals surface area contributed by atoms with Crippen LogP contribution in [0.5, 0.6) is 0 Å². The standard InChI is InChI=1S/C22H14ClNO2/c23-17-10-6-7-15(13-17)14-18(21(25)16-8-2-1-3-9-16)22-24-19-11-4-5-12-20(19)26-22/h1-14H/b18-14+. The van der Waals surface area contributed by atoms with E-state index in [-0.39, 0.29) is 5.78 Å². The molecule has 0 N–H and O–H groups in total. The third-order valence-electron chi connectivity index (χ3n) is 3.96. The Labute approximate surface area is 155 Å². The highest BCUT2D eigenvalue weighted by molar-refractivity contribution is 6.32. The van der Waals surface area contributed by atoms with Crippen molar-refractivity contribution in [1.82, 2.24) is 4.98 Å². The van der Waals surface area contributed by atoms with Gasteiger partial charge >= 0.3 is 0 Å². The lowest BCUT2D eigenvalue weighted by atomic mass is 10.0. The molecule has 0 bridgehead atoms. The molecule has 26 heavy (non-hydrogen) atoms. The molecule has 4 aromatic rings. The van der Waals surface area contributed by atoms with Crippen molar-refractivity contribution in [2.75, 3.05) is 0 Å². The third kappa shape index (κ3) is 3.30. The van der Waals surface area contributed by atoms with E-state index in [9.17, 15) is 4.79 Å². The summed E-state index contributed by atoms with van der Waals surface area (Å²) in [6.07, 6.45) is 1.76. The number of aromatic nitrogens is 1. The fraction of sp³-hybridized carbons (Fsp3) is 0. The molecule has 0 aliphatic carbocycles. The first-order valence-corrected chi connectivity index (χ1v) is 8.51. The molecule has 0 aliphatic heterocycles. The molecule has 0 spiro atoms. The van der Waals surface area contributed by atoms with Crippen molar-refractivity contribution in [3.05, 3.63) is 101 Å². The monoisotopic (exact) mass is 359 g/mol. The van der Waals surface area contributed by atoms with E-state index in [2.05, 4.69) is 4.98 Å². The lowest BCUT2D eigenvalue weighted by Crippen LogP contribution is -2.03. The Balaban J connectivity index is 1.87. The predicted molar refractivity (Wildman–Crippen MR) is 104 cm³/mol. The largest absolute Gasteiger partial charge is 0.436 e. The van der Waals surface area contributed by atoms with Crippen molar-refractivity contribution in [3.63, 3.8) is 0 Å². The molecule has 0 aliphatic rings. The zero-order valence-electron chi connectivity index (χ0n) is 13.7. The molecule has 0 fully saturated rings. The minimum Gasteiger partial charge on any atom is -0.436 e. The van der Waals surface area contributed by atoms with Gasteiger partial charge in [0.25, 0.3) is 0 Å². The van der Waals surface area contributed by atoms with Gasteiger partial charge in [-0.1, -0.05) is 66.2 Å². The van der Waals surface area contributed by atoms with Crippen LogP contribution in [0.25, 0.3) is 22.7 Å². The summed E-state index contributed by atoms with van der Waals surface area (Å²) in [5.41, 5.74) is 3.11. The fourth-order valence-corrected chi connectivity index (χ4v) is 2.92. The van der Waals surface area contributed by atoms with E-state index < -0.39 is 0 Å². The molecular formula is C22H14ClNO2. The maximum atomic E-state index is 13.1. The molecular weight excluding hydrogens is 346 g/mol. The van der Waals surface area contributed by atoms with Gasteiger partial charge in [0.15, 0.2) is 11.4 Å². The third-order valence-corrected chi connectivity index (χ3v) is 4.20. The molecule has 0 unspecified atom stereocenters. The van der Waals surface area contributed by atoms with Crippen molar-refractivity contribution in [1.29, 1.82) is 0 Å². The van der Waals surface area contributed by atoms with Gasteiger partial charge in [-0.3, -0.25) is 4.79 Å². The van der Waals surface area contributed by atoms with Gasteiger partial charge in [0.05, 0.1) is 5.57 Å². The van der Waals surface area contributed by atoms with Crippen LogP contribution in [0.1, 0.15) is 21.8 Å². The quantitative estimate of drug-likeness (QED) is 0.336. The lowest BCUT2D eigenvalue weighted by molar-refractivity contribution is 0.105. The molecule has 0 radical (unpaired) electrons. The maximum absolute atomic E-state index is 13.1. The zero-order chi connectivity index (χ0) is 17.9. The first kappa shape index (κ1) is 16.3. The number of oxazole rings is 1. The van der Waals surface area contributed by atoms with Crippen LogP contribution in [-0.2, 0) is 0 Å². The summed E-state index contributed by atoms with van der Waals surface area (Å²) in [7, 11) is 0. The Hall–Kier alpha value is -3.17. The van der Waals surface area contributed by atoms with Gasteiger partial charge in [-0.05, 0) is 35.9 Å². The van der Waals surface area contributed by atoms with Crippen molar-refractivity contribution in [3.8, 4) is 0 Å². The molecule has 0 saturated carbocycles. The molecule has 4 heteroatoms. The van der Waals surface area contributed by atoms with E-state index in [0.29, 0.717) is 33.1 Å². The maximum Gasteiger partial charge on any atom is 0.231 e. The van der Waals surface area contributed by atoms with Crippen LogP contribution >= 0.6 is 11.6 Å². The Morgan fingerprint density at radius 3 is 2.46 bits per heavy atom. The lowest BCUT2D eigenvalue weighted by Gasteiger charge is -2.04. The second-order valence-electron chi connectivity index (χ2n) is 5.79. The average molecular weight is 360 g/mol. The summed E-state index contributed by atoms with van der Waals surface area (Å²) in [5, 5.41) is 0.600. The molecule has 0 saturated heterocycles. The minimum atomic E-state index is -0.155. The number of Topliss-reactive ketones (excluding diaryl/α,β-unsaturated/α-hetero) is 1. The molecule has 4 rings (SSSR count). The summed E-state index contributed by atoms with van der Waals surface area (Å²) in [5.74, 6) is 0.136. The Morgan fingerprint density at radius 2 is 1.69 bits per heavy atom. The number of allylic oxidation sites excluding steroid dienone is 1.